The number of nitrogens with one attached hydrogen (secondary N) is 1. The highest BCUT2D eigenvalue weighted by Gasteiger charge is 2.18. The molecule has 2 heterocycles. The van der Waals surface area contributed by atoms with Crippen molar-refractivity contribution >= 4 is 10.9 Å². The largest absolute Gasteiger partial charge is 0.508 e. The van der Waals surface area contributed by atoms with Gasteiger partial charge in [-0.2, -0.15) is 0 Å². The predicted molar refractivity (Wildman–Crippen MR) is 63.9 cm³/mol. The standard InChI is InChI=1S/C12H13N3O2/c16-8-3-4-10-9(6-8)12(17)15(7-14-10)11-2-1-5-13-11/h3-4,6-7,11,13,16H,1-2,5H2. The van der Waals surface area contributed by atoms with Gasteiger partial charge in [0.05, 0.1) is 23.4 Å². The van der Waals surface area contributed by atoms with Crippen molar-refractivity contribution in [3.63, 3.8) is 0 Å². The number of fused-ring (bicyclic) bond motifs is 1. The van der Waals surface area contributed by atoms with Crippen LogP contribution < -0.4 is 10.9 Å². The monoisotopic (exact) mass is 231 g/mol. The second kappa shape index (κ2) is 3.85. The highest BCUT2D eigenvalue weighted by Crippen LogP contribution is 2.18. The summed E-state index contributed by atoms with van der Waals surface area (Å²) < 4.78 is 1.61. The smallest absolute Gasteiger partial charge is 0.262 e. The number of hydrogen-bond acceptors (Lipinski definition) is 4. The minimum Gasteiger partial charge on any atom is -0.508 e. The lowest BCUT2D eigenvalue weighted by Crippen LogP contribution is -2.30. The summed E-state index contributed by atoms with van der Waals surface area (Å²) in [7, 11) is 0. The molecule has 0 radical (unpaired) electrons. The van der Waals surface area contributed by atoms with Crippen LogP contribution >= 0.6 is 0 Å². The van der Waals surface area contributed by atoms with Crippen LogP contribution in [0.3, 0.4) is 0 Å². The van der Waals surface area contributed by atoms with Gasteiger partial charge in [-0.3, -0.25) is 14.7 Å². The van der Waals surface area contributed by atoms with E-state index in [1.165, 1.54) is 12.1 Å². The number of rotatable bonds is 1. The molecule has 0 bridgehead atoms. The number of phenols is 1. The van der Waals surface area contributed by atoms with E-state index in [9.17, 15) is 9.90 Å². The number of benzene rings is 1. The average molecular weight is 231 g/mol. The first-order valence-corrected chi connectivity index (χ1v) is 5.69. The second-order valence-electron chi connectivity index (χ2n) is 4.27. The summed E-state index contributed by atoms with van der Waals surface area (Å²) >= 11 is 0. The van der Waals surface area contributed by atoms with Crippen LogP contribution in [0.5, 0.6) is 5.75 Å². The predicted octanol–water partition coefficient (Wildman–Crippen LogP) is 0.984. The van der Waals surface area contributed by atoms with Gasteiger partial charge in [-0.15, -0.1) is 0 Å². The average Bonchev–Trinajstić information content (AvgIpc) is 2.84. The molecule has 1 aliphatic heterocycles. The van der Waals surface area contributed by atoms with Crippen LogP contribution in [-0.2, 0) is 0 Å². The van der Waals surface area contributed by atoms with Gasteiger partial charge in [0.15, 0.2) is 0 Å². The maximum absolute atomic E-state index is 12.2. The molecule has 1 saturated heterocycles. The van der Waals surface area contributed by atoms with Crippen LogP contribution in [0.2, 0.25) is 0 Å². The van der Waals surface area contributed by atoms with E-state index in [1.807, 2.05) is 0 Å². The van der Waals surface area contributed by atoms with Gasteiger partial charge >= 0.3 is 0 Å². The lowest BCUT2D eigenvalue weighted by Gasteiger charge is -2.13. The molecule has 1 aliphatic rings. The molecular weight excluding hydrogens is 218 g/mol. The molecule has 0 saturated carbocycles. The number of aromatic hydroxyl groups is 1. The van der Waals surface area contributed by atoms with E-state index >= 15 is 0 Å². The molecule has 0 aliphatic carbocycles. The van der Waals surface area contributed by atoms with Gasteiger partial charge in [-0.1, -0.05) is 0 Å². The maximum Gasteiger partial charge on any atom is 0.262 e. The third-order valence-corrected chi connectivity index (χ3v) is 3.14. The Kier molecular flexibility index (Phi) is 2.33. The Hall–Kier alpha value is -1.88. The first kappa shape index (κ1) is 10.3. The number of nitrogens with zero attached hydrogens (tertiary/aromatic N) is 2. The summed E-state index contributed by atoms with van der Waals surface area (Å²) in [6.07, 6.45) is 3.60. The lowest BCUT2D eigenvalue weighted by molar-refractivity contribution is 0.452. The van der Waals surface area contributed by atoms with E-state index in [4.69, 9.17) is 0 Å². The normalized spacial score (nSPS) is 19.9. The molecule has 1 unspecified atom stereocenters. The molecule has 2 N–H and O–H groups in total. The van der Waals surface area contributed by atoms with Gasteiger partial charge in [-0.25, -0.2) is 4.98 Å². The molecule has 1 atom stereocenters. The second-order valence-corrected chi connectivity index (χ2v) is 4.27. The molecule has 0 amide bonds. The van der Waals surface area contributed by atoms with Crippen molar-refractivity contribution in [1.82, 2.24) is 14.9 Å². The molecule has 5 nitrogen and oxygen atoms in total. The van der Waals surface area contributed by atoms with Gasteiger partial charge in [-0.05, 0) is 37.6 Å². The van der Waals surface area contributed by atoms with E-state index < -0.39 is 0 Å². The van der Waals surface area contributed by atoms with Crippen LogP contribution in [0, 0.1) is 0 Å². The van der Waals surface area contributed by atoms with Crippen LogP contribution in [0.15, 0.2) is 29.3 Å². The molecule has 1 aromatic carbocycles. The van der Waals surface area contributed by atoms with Crippen molar-refractivity contribution in [2.45, 2.75) is 19.0 Å². The molecule has 2 aromatic rings. The SMILES string of the molecule is O=c1c2cc(O)ccc2ncn1C1CCCN1. The van der Waals surface area contributed by atoms with Crippen LogP contribution in [0.1, 0.15) is 19.0 Å². The molecule has 5 heteroatoms. The zero-order valence-electron chi connectivity index (χ0n) is 9.26. The van der Waals surface area contributed by atoms with Crippen LogP contribution in [-0.4, -0.2) is 21.2 Å². The Morgan fingerprint density at radius 2 is 2.35 bits per heavy atom. The summed E-state index contributed by atoms with van der Waals surface area (Å²) in [5.74, 6) is 0.0912. The maximum atomic E-state index is 12.2. The third-order valence-electron chi connectivity index (χ3n) is 3.14. The quantitative estimate of drug-likeness (QED) is 0.768. The molecule has 0 spiro atoms. The molecule has 1 aromatic heterocycles. The third kappa shape index (κ3) is 1.68. The van der Waals surface area contributed by atoms with Crippen molar-refractivity contribution in [1.29, 1.82) is 0 Å². The summed E-state index contributed by atoms with van der Waals surface area (Å²) in [6, 6.07) is 4.65. The Labute approximate surface area is 97.7 Å². The molecular formula is C12H13N3O2. The minimum atomic E-state index is -0.106. The van der Waals surface area contributed by atoms with Gasteiger partial charge < -0.3 is 5.11 Å². The molecule has 3 rings (SSSR count). The molecule has 88 valence electrons. The van der Waals surface area contributed by atoms with E-state index in [1.54, 1.807) is 17.0 Å². The molecule has 17 heavy (non-hydrogen) atoms. The van der Waals surface area contributed by atoms with Gasteiger partial charge in [0.25, 0.3) is 5.56 Å². The Morgan fingerprint density at radius 3 is 3.12 bits per heavy atom. The van der Waals surface area contributed by atoms with Crippen molar-refractivity contribution in [3.05, 3.63) is 34.9 Å². The Balaban J connectivity index is 2.21. The number of hydrogen-bond donors (Lipinski definition) is 2. The zero-order chi connectivity index (χ0) is 11.8. The Morgan fingerprint density at radius 1 is 1.47 bits per heavy atom. The number of phenolic OH excluding ortho intramolecular Hbond substituents is 1. The topological polar surface area (TPSA) is 67.1 Å². The fourth-order valence-electron chi connectivity index (χ4n) is 2.25. The van der Waals surface area contributed by atoms with Crippen molar-refractivity contribution in [3.8, 4) is 5.75 Å². The van der Waals surface area contributed by atoms with Gasteiger partial charge in [0, 0.05) is 0 Å². The fourth-order valence-corrected chi connectivity index (χ4v) is 2.25. The van der Waals surface area contributed by atoms with Crippen molar-refractivity contribution in [2.24, 2.45) is 0 Å². The minimum absolute atomic E-state index is 0.0294. The number of aromatic nitrogens is 2. The summed E-state index contributed by atoms with van der Waals surface area (Å²) in [4.78, 5) is 16.5. The van der Waals surface area contributed by atoms with E-state index in [-0.39, 0.29) is 17.5 Å². The van der Waals surface area contributed by atoms with Crippen molar-refractivity contribution in [2.75, 3.05) is 6.54 Å². The fraction of sp³-hybridized carbons (Fsp3) is 0.333. The van der Waals surface area contributed by atoms with E-state index in [0.29, 0.717) is 10.9 Å². The lowest BCUT2D eigenvalue weighted by atomic mass is 10.2. The zero-order valence-corrected chi connectivity index (χ0v) is 9.26. The summed E-state index contributed by atoms with van der Waals surface area (Å²) in [5.41, 5.74) is 0.507. The summed E-state index contributed by atoms with van der Waals surface area (Å²) in [6.45, 7) is 0.926. The first-order valence-electron chi connectivity index (χ1n) is 5.69. The van der Waals surface area contributed by atoms with E-state index in [2.05, 4.69) is 10.3 Å². The van der Waals surface area contributed by atoms with E-state index in [0.717, 1.165) is 19.4 Å². The van der Waals surface area contributed by atoms with Gasteiger partial charge in [0.1, 0.15) is 5.75 Å². The highest BCUT2D eigenvalue weighted by atomic mass is 16.3. The first-order chi connectivity index (χ1) is 8.25. The summed E-state index contributed by atoms with van der Waals surface area (Å²) in [5, 5.41) is 13.1. The van der Waals surface area contributed by atoms with Crippen molar-refractivity contribution < 1.29 is 5.11 Å². The van der Waals surface area contributed by atoms with Gasteiger partial charge in [0.2, 0.25) is 0 Å². The van der Waals surface area contributed by atoms with Crippen LogP contribution in [0.4, 0.5) is 0 Å². The Bertz CT molecular complexity index is 615. The van der Waals surface area contributed by atoms with Crippen LogP contribution in [0.25, 0.3) is 10.9 Å². The molecule has 1 fully saturated rings. The highest BCUT2D eigenvalue weighted by molar-refractivity contribution is 5.78.